The Morgan fingerprint density at radius 1 is 0.409 bits per heavy atom. The van der Waals surface area contributed by atoms with Crippen LogP contribution in [-0.2, 0) is 32.8 Å². The number of rotatable bonds is 21. The van der Waals surface area contributed by atoms with Crippen molar-refractivity contribution in [2.75, 3.05) is 49.3 Å². The molecule has 2 aliphatic rings. The van der Waals surface area contributed by atoms with Gasteiger partial charge < -0.3 is 28.7 Å². The van der Waals surface area contributed by atoms with Crippen molar-refractivity contribution in [3.8, 4) is 23.0 Å². The van der Waals surface area contributed by atoms with E-state index < -0.39 is 46.1 Å². The molecule has 0 bridgehead atoms. The second-order valence-electron chi connectivity index (χ2n) is 22.1. The van der Waals surface area contributed by atoms with Gasteiger partial charge in [0.15, 0.2) is 0 Å². The van der Waals surface area contributed by atoms with Crippen LogP contribution in [-0.4, -0.2) is 51.3 Å². The number of hydrogen-bond donors (Lipinski definition) is 0. The number of alkyl halides is 6. The van der Waals surface area contributed by atoms with E-state index in [1.165, 1.54) is 21.9 Å². The molecule has 444 valence electrons. The number of carbonyl (C=O) groups is 2. The minimum Gasteiger partial charge on any atom is -0.494 e. The lowest BCUT2D eigenvalue weighted by Gasteiger charge is -2.31. The maximum absolute atomic E-state index is 16.2. The predicted molar refractivity (Wildman–Crippen MR) is 335 cm³/mol. The topological polar surface area (TPSA) is 77.5 Å². The second-order valence-corrected chi connectivity index (χ2v) is 22.1. The molecule has 88 heavy (non-hydrogen) atoms. The number of unbranched alkanes of at least 4 members (excludes halogenated alkanes) is 1. The Balaban J connectivity index is 0.961. The van der Waals surface area contributed by atoms with Crippen molar-refractivity contribution in [2.24, 2.45) is 0 Å². The largest absolute Gasteiger partial charge is 0.494 e. The van der Waals surface area contributed by atoms with E-state index in [0.717, 1.165) is 40.1 Å². The molecule has 10 aromatic carbocycles. The summed E-state index contributed by atoms with van der Waals surface area (Å²) in [5.74, 6) is 1.05. The van der Waals surface area contributed by atoms with E-state index in [2.05, 4.69) is 19.7 Å². The smallest absolute Gasteiger partial charge is 0.418 e. The summed E-state index contributed by atoms with van der Waals surface area (Å²) in [6.07, 6.45) is -4.27. The number of ether oxygens (including phenoxy) is 4. The molecule has 12 rings (SSSR count). The van der Waals surface area contributed by atoms with Crippen molar-refractivity contribution in [1.29, 1.82) is 0 Å². The Hall–Kier alpha value is -9.82. The average molecular weight is 1190 g/mol. The van der Waals surface area contributed by atoms with E-state index in [1.807, 2.05) is 110 Å². The van der Waals surface area contributed by atoms with Crippen LogP contribution in [0.4, 0.5) is 37.7 Å². The summed E-state index contributed by atoms with van der Waals surface area (Å²) >= 11 is 0. The number of anilines is 2. The lowest BCUT2D eigenvalue weighted by molar-refractivity contribution is -0.138. The number of amides is 2. The Morgan fingerprint density at radius 2 is 0.705 bits per heavy atom. The van der Waals surface area contributed by atoms with Crippen molar-refractivity contribution in [2.45, 2.75) is 49.4 Å². The van der Waals surface area contributed by atoms with Crippen molar-refractivity contribution >= 4 is 66.3 Å². The minimum absolute atomic E-state index is 0.0321. The first kappa shape index (κ1) is 58.6. The van der Waals surface area contributed by atoms with Gasteiger partial charge in [-0.15, -0.1) is 0 Å². The Kier molecular flexibility index (Phi) is 15.6. The second kappa shape index (κ2) is 23.5. The highest BCUT2D eigenvalue weighted by Crippen LogP contribution is 2.57. The summed E-state index contributed by atoms with van der Waals surface area (Å²) < 4.78 is 118. The van der Waals surface area contributed by atoms with Gasteiger partial charge in [-0.25, -0.2) is 0 Å². The maximum atomic E-state index is 16.2. The number of fused-ring (bicyclic) bond motifs is 6. The fourth-order valence-electron chi connectivity index (χ4n) is 12.9. The molecule has 2 amide bonds. The number of benzene rings is 10. The van der Waals surface area contributed by atoms with E-state index in [9.17, 15) is 0 Å². The number of carbonyl (C=O) groups excluding carboxylic acids is 2. The number of para-hydroxylation sites is 2. The molecule has 1 unspecified atom stereocenters. The Bertz CT molecular complexity index is 4320. The summed E-state index contributed by atoms with van der Waals surface area (Å²) in [6, 6.07) is 51.1. The van der Waals surface area contributed by atoms with E-state index in [-0.39, 0.29) is 68.3 Å². The molecule has 0 N–H and O–H groups in total. The minimum atomic E-state index is -4.93. The summed E-state index contributed by atoms with van der Waals surface area (Å²) in [6.45, 7) is 13.9. The first-order valence-electron chi connectivity index (χ1n) is 29.1. The van der Waals surface area contributed by atoms with Gasteiger partial charge in [0, 0.05) is 24.2 Å². The molecular formula is C74H60F6N2O6. The van der Waals surface area contributed by atoms with Gasteiger partial charge in [-0.2, -0.15) is 26.3 Å². The summed E-state index contributed by atoms with van der Waals surface area (Å²) in [5.41, 5.74) is -4.59. The lowest BCUT2D eigenvalue weighted by atomic mass is 9.69. The summed E-state index contributed by atoms with van der Waals surface area (Å²) in [7, 11) is 0. The van der Waals surface area contributed by atoms with Gasteiger partial charge in [0.1, 0.15) is 53.6 Å². The van der Waals surface area contributed by atoms with Gasteiger partial charge in [-0.05, 0) is 170 Å². The Labute approximate surface area is 505 Å². The highest BCUT2D eigenvalue weighted by molar-refractivity contribution is 6.16. The molecule has 0 fully saturated rings. The molecular weight excluding hydrogens is 1130 g/mol. The van der Waals surface area contributed by atoms with Crippen molar-refractivity contribution in [1.82, 2.24) is 0 Å². The monoisotopic (exact) mass is 1190 g/mol. The third-order valence-corrected chi connectivity index (χ3v) is 16.7. The lowest BCUT2D eigenvalue weighted by Crippen LogP contribution is -2.43. The molecule has 0 aromatic heterocycles. The van der Waals surface area contributed by atoms with Crippen molar-refractivity contribution in [3.05, 3.63) is 264 Å². The van der Waals surface area contributed by atoms with Crippen LogP contribution >= 0.6 is 0 Å². The molecule has 0 spiro atoms. The third kappa shape index (κ3) is 10.2. The maximum Gasteiger partial charge on any atom is 0.418 e. The van der Waals surface area contributed by atoms with Gasteiger partial charge in [0.05, 0.1) is 29.1 Å². The molecule has 2 heterocycles. The molecule has 0 saturated carbocycles. The zero-order valence-corrected chi connectivity index (χ0v) is 48.1. The Morgan fingerprint density at radius 3 is 1.00 bits per heavy atom. The van der Waals surface area contributed by atoms with Crippen LogP contribution in [0.3, 0.4) is 0 Å². The SMILES string of the molecule is C=CCOc1ccc2cc(C3(c4ccc5cc(OCC=C)ccc5c4)C(=O)N(CCCCN4C(=O)C(c5ccc6cc(OCC=C)ccc6c5)(c5ccc6cc(OCCC)ccc6c5)c5cccc(C(F)(F)F)c54)c4c(C(F)(F)F)cccc43)ccc2c1. The zero-order chi connectivity index (χ0) is 61.5. The van der Waals surface area contributed by atoms with Gasteiger partial charge in [-0.3, -0.25) is 9.59 Å². The van der Waals surface area contributed by atoms with E-state index >= 15 is 35.9 Å². The molecule has 8 nitrogen and oxygen atoms in total. The number of hydrogen-bond acceptors (Lipinski definition) is 6. The van der Waals surface area contributed by atoms with Crippen LogP contribution in [0.15, 0.2) is 220 Å². The van der Waals surface area contributed by atoms with Crippen LogP contribution in [0.2, 0.25) is 0 Å². The highest BCUT2D eigenvalue weighted by Gasteiger charge is 2.58. The third-order valence-electron chi connectivity index (χ3n) is 16.7. The number of halogens is 6. The molecule has 14 heteroatoms. The molecule has 10 aromatic rings. The van der Waals surface area contributed by atoms with Gasteiger partial charge in [-0.1, -0.05) is 142 Å². The van der Waals surface area contributed by atoms with Gasteiger partial charge >= 0.3 is 12.4 Å². The first-order valence-corrected chi connectivity index (χ1v) is 29.1. The first-order chi connectivity index (χ1) is 42.5. The van der Waals surface area contributed by atoms with Crippen LogP contribution in [0.25, 0.3) is 43.1 Å². The van der Waals surface area contributed by atoms with Crippen LogP contribution in [0.5, 0.6) is 23.0 Å². The predicted octanol–water partition coefficient (Wildman–Crippen LogP) is 17.7. The van der Waals surface area contributed by atoms with Crippen LogP contribution in [0, 0.1) is 0 Å². The summed E-state index contributed by atoms with van der Waals surface area (Å²) in [5, 5.41) is 5.85. The van der Waals surface area contributed by atoms with Crippen LogP contribution < -0.4 is 28.7 Å². The van der Waals surface area contributed by atoms with Gasteiger partial charge in [0.25, 0.3) is 0 Å². The number of nitrogens with zero attached hydrogens (tertiary/aromatic N) is 2. The normalized spacial score (nSPS) is 15.4. The van der Waals surface area contributed by atoms with Gasteiger partial charge in [0.2, 0.25) is 11.8 Å². The fourth-order valence-corrected chi connectivity index (χ4v) is 12.9. The summed E-state index contributed by atoms with van der Waals surface area (Å²) in [4.78, 5) is 34.8. The standard InChI is InChI=1S/C74H60F6N2O6/c1-5-35-85-59-29-21-47-39-55(25-17-51(47)43-59)71(56-26-18-52-44-60(86-36-6-2)30-22-48(52)40-56)63-13-11-15-65(73(75,76)77)67(63)81(69(71)83)33-9-10-34-82-68-64(14-12-16-66(68)74(78,79)80)72(70(82)84,57-27-19-53-45-61(87-37-7-3)31-23-49(53)41-57)58-28-20-54-46-62(88-38-8-4)32-24-50(54)42-58/h5-7,11-32,39-46H,1-3,8-10,33-38H2,4H3. The molecule has 0 radical (unpaired) electrons. The molecule has 1 atom stereocenters. The molecule has 0 saturated heterocycles. The highest BCUT2D eigenvalue weighted by atomic mass is 19.4. The fraction of sp³-hybridized carbons (Fsp3) is 0.189. The molecule has 2 aliphatic heterocycles. The van der Waals surface area contributed by atoms with E-state index in [4.69, 9.17) is 18.9 Å². The quantitative estimate of drug-likeness (QED) is 0.0405. The van der Waals surface area contributed by atoms with Crippen LogP contribution in [0.1, 0.15) is 70.7 Å². The van der Waals surface area contributed by atoms with Crippen molar-refractivity contribution in [3.63, 3.8) is 0 Å². The van der Waals surface area contributed by atoms with Crippen molar-refractivity contribution < 1.29 is 54.9 Å². The zero-order valence-electron chi connectivity index (χ0n) is 48.1. The molecule has 0 aliphatic carbocycles. The van der Waals surface area contributed by atoms with E-state index in [0.29, 0.717) is 73.4 Å². The average Bonchev–Trinajstić information content (AvgIpc) is 1.53. The van der Waals surface area contributed by atoms with E-state index in [1.54, 1.807) is 72.8 Å².